The molecule has 1 rings (SSSR count). The van der Waals surface area contributed by atoms with Crippen molar-refractivity contribution in [3.8, 4) is 0 Å². The van der Waals surface area contributed by atoms with Crippen molar-refractivity contribution in [3.05, 3.63) is 0 Å². The number of rotatable bonds is 6. The third-order valence-electron chi connectivity index (χ3n) is 3.31. The number of hydrogen-bond acceptors (Lipinski definition) is 5. The van der Waals surface area contributed by atoms with Gasteiger partial charge in [-0.25, -0.2) is 12.7 Å². The standard InChI is InChI=1S/C12H25NO5S2/c1-10(2)18-19(14,15)9-12-5-7-13(8-6-12)20(16,17)11(3)4/h10-12H,5-9H2,1-4H3. The molecule has 0 aromatic heterocycles. The van der Waals surface area contributed by atoms with Crippen molar-refractivity contribution in [3.63, 3.8) is 0 Å². The Morgan fingerprint density at radius 3 is 1.95 bits per heavy atom. The summed E-state index contributed by atoms with van der Waals surface area (Å²) in [5.41, 5.74) is 0. The molecule has 1 heterocycles. The molecule has 0 amide bonds. The average molecular weight is 327 g/mol. The molecule has 1 aliphatic rings. The maximum atomic E-state index is 12.0. The molecular weight excluding hydrogens is 302 g/mol. The fraction of sp³-hybridized carbons (Fsp3) is 1.00. The zero-order valence-electron chi connectivity index (χ0n) is 12.6. The molecule has 0 radical (unpaired) electrons. The average Bonchev–Trinajstić information content (AvgIpc) is 2.26. The normalized spacial score (nSPS) is 19.9. The first-order chi connectivity index (χ1) is 9.04. The van der Waals surface area contributed by atoms with Gasteiger partial charge < -0.3 is 0 Å². The Bertz CT molecular complexity index is 502. The van der Waals surface area contributed by atoms with Crippen LogP contribution >= 0.6 is 0 Å². The topological polar surface area (TPSA) is 80.8 Å². The van der Waals surface area contributed by atoms with E-state index in [1.54, 1.807) is 27.7 Å². The summed E-state index contributed by atoms with van der Waals surface area (Å²) in [6.07, 6.45) is 0.764. The quantitative estimate of drug-likeness (QED) is 0.685. The van der Waals surface area contributed by atoms with Crippen molar-refractivity contribution < 1.29 is 21.0 Å². The lowest BCUT2D eigenvalue weighted by Crippen LogP contribution is -2.43. The van der Waals surface area contributed by atoms with Gasteiger partial charge >= 0.3 is 0 Å². The van der Waals surface area contributed by atoms with Gasteiger partial charge in [-0.2, -0.15) is 8.42 Å². The second-order valence-corrected chi connectivity index (χ2v) is 9.94. The summed E-state index contributed by atoms with van der Waals surface area (Å²) in [6, 6.07) is 0. The van der Waals surface area contributed by atoms with Gasteiger partial charge in [-0.1, -0.05) is 0 Å². The minimum absolute atomic E-state index is 0.0270. The third kappa shape index (κ3) is 4.98. The number of piperidine rings is 1. The maximum absolute atomic E-state index is 12.0. The zero-order valence-corrected chi connectivity index (χ0v) is 14.2. The van der Waals surface area contributed by atoms with Gasteiger partial charge in [0.05, 0.1) is 17.1 Å². The molecule has 0 N–H and O–H groups in total. The van der Waals surface area contributed by atoms with Crippen LogP contribution in [0.25, 0.3) is 0 Å². The largest absolute Gasteiger partial charge is 0.267 e. The van der Waals surface area contributed by atoms with Crippen LogP contribution in [0.2, 0.25) is 0 Å². The Balaban J connectivity index is 2.56. The van der Waals surface area contributed by atoms with Crippen LogP contribution in [0.1, 0.15) is 40.5 Å². The van der Waals surface area contributed by atoms with E-state index in [0.717, 1.165) is 0 Å². The SMILES string of the molecule is CC(C)OS(=O)(=O)CC1CCN(S(=O)(=O)C(C)C)CC1. The van der Waals surface area contributed by atoms with E-state index in [0.29, 0.717) is 25.9 Å². The van der Waals surface area contributed by atoms with Crippen molar-refractivity contribution >= 4 is 20.1 Å². The van der Waals surface area contributed by atoms with E-state index in [9.17, 15) is 16.8 Å². The predicted octanol–water partition coefficient (Wildman–Crippen LogP) is 1.19. The molecule has 6 nitrogen and oxygen atoms in total. The predicted molar refractivity (Wildman–Crippen MR) is 78.4 cm³/mol. The lowest BCUT2D eigenvalue weighted by Gasteiger charge is -2.32. The van der Waals surface area contributed by atoms with E-state index in [4.69, 9.17) is 4.18 Å². The summed E-state index contributed by atoms with van der Waals surface area (Å²) in [7, 11) is -6.75. The van der Waals surface area contributed by atoms with Gasteiger partial charge in [0.2, 0.25) is 10.0 Å². The molecule has 8 heteroatoms. The first kappa shape index (κ1) is 17.9. The Hall–Kier alpha value is -0.180. The molecule has 0 saturated carbocycles. The minimum atomic E-state index is -3.52. The lowest BCUT2D eigenvalue weighted by molar-refractivity contribution is 0.238. The Labute approximate surface area is 122 Å². The highest BCUT2D eigenvalue weighted by Gasteiger charge is 2.32. The van der Waals surface area contributed by atoms with Crippen LogP contribution < -0.4 is 0 Å². The van der Waals surface area contributed by atoms with Gasteiger partial charge in [0.25, 0.3) is 10.1 Å². The van der Waals surface area contributed by atoms with Crippen LogP contribution in [0.15, 0.2) is 0 Å². The summed E-state index contributed by atoms with van der Waals surface area (Å²) >= 11 is 0. The first-order valence-corrected chi connectivity index (χ1v) is 10.0. The molecule has 0 unspecified atom stereocenters. The smallest absolute Gasteiger partial charge is 0.267 e. The molecule has 1 saturated heterocycles. The second-order valence-electron chi connectivity index (χ2n) is 5.81. The first-order valence-electron chi connectivity index (χ1n) is 6.94. The molecule has 0 atom stereocenters. The molecule has 1 fully saturated rings. The van der Waals surface area contributed by atoms with E-state index in [-0.39, 0.29) is 17.8 Å². The number of nitrogens with zero attached hydrogens (tertiary/aromatic N) is 1. The molecule has 0 spiro atoms. The number of hydrogen-bond donors (Lipinski definition) is 0. The van der Waals surface area contributed by atoms with Crippen molar-refractivity contribution in [1.29, 1.82) is 0 Å². The third-order valence-corrected chi connectivity index (χ3v) is 7.14. The van der Waals surface area contributed by atoms with E-state index < -0.39 is 25.4 Å². The fourth-order valence-electron chi connectivity index (χ4n) is 2.25. The van der Waals surface area contributed by atoms with Crippen molar-refractivity contribution in [2.45, 2.75) is 51.9 Å². The molecule has 0 bridgehead atoms. The van der Waals surface area contributed by atoms with Crippen LogP contribution in [0.4, 0.5) is 0 Å². The monoisotopic (exact) mass is 327 g/mol. The Morgan fingerprint density at radius 1 is 1.05 bits per heavy atom. The van der Waals surface area contributed by atoms with Crippen LogP contribution in [-0.2, 0) is 24.3 Å². The molecule has 120 valence electrons. The van der Waals surface area contributed by atoms with Gasteiger partial charge in [0.15, 0.2) is 0 Å². The molecule has 20 heavy (non-hydrogen) atoms. The van der Waals surface area contributed by atoms with Crippen LogP contribution in [0.5, 0.6) is 0 Å². The Morgan fingerprint density at radius 2 is 1.55 bits per heavy atom. The highest BCUT2D eigenvalue weighted by molar-refractivity contribution is 7.89. The minimum Gasteiger partial charge on any atom is -0.267 e. The van der Waals surface area contributed by atoms with Gasteiger partial charge in [-0.3, -0.25) is 4.18 Å². The summed E-state index contributed by atoms with van der Waals surface area (Å²) < 4.78 is 53.9. The van der Waals surface area contributed by atoms with E-state index >= 15 is 0 Å². The zero-order chi connectivity index (χ0) is 15.6. The maximum Gasteiger partial charge on any atom is 0.267 e. The van der Waals surface area contributed by atoms with Crippen molar-refractivity contribution in [2.24, 2.45) is 5.92 Å². The lowest BCUT2D eigenvalue weighted by atomic mass is 10.0. The van der Waals surface area contributed by atoms with E-state index in [1.807, 2.05) is 0 Å². The van der Waals surface area contributed by atoms with Crippen LogP contribution in [0, 0.1) is 5.92 Å². The van der Waals surface area contributed by atoms with Crippen molar-refractivity contribution in [2.75, 3.05) is 18.8 Å². The van der Waals surface area contributed by atoms with Gasteiger partial charge in [0, 0.05) is 13.1 Å². The highest BCUT2D eigenvalue weighted by Crippen LogP contribution is 2.23. The molecule has 1 aliphatic heterocycles. The van der Waals surface area contributed by atoms with Gasteiger partial charge in [-0.05, 0) is 46.5 Å². The van der Waals surface area contributed by atoms with Crippen LogP contribution in [0.3, 0.4) is 0 Å². The van der Waals surface area contributed by atoms with Gasteiger partial charge in [0.1, 0.15) is 0 Å². The highest BCUT2D eigenvalue weighted by atomic mass is 32.2. The molecule has 0 aromatic carbocycles. The molecule has 0 aliphatic carbocycles. The summed E-state index contributed by atoms with van der Waals surface area (Å²) in [5.74, 6) is -0.0573. The molecular formula is C12H25NO5S2. The summed E-state index contributed by atoms with van der Waals surface area (Å²) in [6.45, 7) is 7.44. The summed E-state index contributed by atoms with van der Waals surface area (Å²) in [4.78, 5) is 0. The molecule has 0 aromatic rings. The van der Waals surface area contributed by atoms with Gasteiger partial charge in [-0.15, -0.1) is 0 Å². The number of sulfonamides is 1. The summed E-state index contributed by atoms with van der Waals surface area (Å²) in [5, 5.41) is -0.438. The fourth-order valence-corrected chi connectivity index (χ4v) is 5.14. The second kappa shape index (κ2) is 6.72. The van der Waals surface area contributed by atoms with Crippen LogP contribution in [-0.4, -0.2) is 51.3 Å². The Kier molecular flexibility index (Phi) is 6.01. The van der Waals surface area contributed by atoms with E-state index in [1.165, 1.54) is 4.31 Å². The van der Waals surface area contributed by atoms with Crippen molar-refractivity contribution in [1.82, 2.24) is 4.31 Å². The van der Waals surface area contributed by atoms with E-state index in [2.05, 4.69) is 0 Å².